The third-order valence-electron chi connectivity index (χ3n) is 2.48. The molecule has 11 heteroatoms. The lowest BCUT2D eigenvalue weighted by molar-refractivity contribution is -0.385. The molecule has 0 fully saturated rings. The van der Waals surface area contributed by atoms with Crippen LogP contribution in [-0.2, 0) is 6.54 Å². The average molecular weight is 292 g/mol. The van der Waals surface area contributed by atoms with Gasteiger partial charge in [-0.1, -0.05) is 5.21 Å². The van der Waals surface area contributed by atoms with Crippen molar-refractivity contribution in [3.8, 4) is 0 Å². The normalized spacial score (nSPS) is 10.1. The van der Waals surface area contributed by atoms with E-state index in [9.17, 15) is 14.9 Å². The number of nitrogens with one attached hydrogen (secondary N) is 3. The van der Waals surface area contributed by atoms with Crippen LogP contribution in [0.4, 0.5) is 11.5 Å². The second-order valence-electron chi connectivity index (χ2n) is 3.88. The summed E-state index contributed by atoms with van der Waals surface area (Å²) in [6, 6.07) is 1.33. The first-order valence-electron chi connectivity index (χ1n) is 6.00. The van der Waals surface area contributed by atoms with Gasteiger partial charge in [-0.25, -0.2) is 4.98 Å². The summed E-state index contributed by atoms with van der Waals surface area (Å²) < 4.78 is 0. The minimum Gasteiger partial charge on any atom is -0.370 e. The maximum atomic E-state index is 12.1. The maximum absolute atomic E-state index is 12.1. The van der Waals surface area contributed by atoms with Crippen molar-refractivity contribution in [3.63, 3.8) is 0 Å². The fourth-order valence-corrected chi connectivity index (χ4v) is 1.57. The maximum Gasteiger partial charge on any atom is 0.300 e. The van der Waals surface area contributed by atoms with Crippen LogP contribution in [0, 0.1) is 10.1 Å². The molecule has 0 radical (unpaired) electrons. The Bertz CT molecular complexity index is 642. The lowest BCUT2D eigenvalue weighted by Gasteiger charge is -2.06. The zero-order valence-electron chi connectivity index (χ0n) is 11.0. The van der Waals surface area contributed by atoms with E-state index in [1.165, 1.54) is 6.07 Å². The van der Waals surface area contributed by atoms with Crippen molar-refractivity contribution in [2.75, 3.05) is 11.9 Å². The molecule has 0 unspecified atom stereocenters. The molecule has 0 atom stereocenters. The molecular weight excluding hydrogens is 280 g/mol. The number of aromatic nitrogens is 5. The van der Waals surface area contributed by atoms with Crippen molar-refractivity contribution in [1.82, 2.24) is 30.9 Å². The molecule has 2 aromatic heterocycles. The Labute approximate surface area is 118 Å². The molecule has 0 saturated heterocycles. The summed E-state index contributed by atoms with van der Waals surface area (Å²) in [5.74, 6) is 0.0350. The number of carbonyl (C=O) groups excluding carboxylic acids is 1. The molecule has 0 aliphatic heterocycles. The molecule has 2 heterocycles. The van der Waals surface area contributed by atoms with E-state index in [2.05, 4.69) is 36.2 Å². The van der Waals surface area contributed by atoms with Gasteiger partial charge < -0.3 is 10.6 Å². The van der Waals surface area contributed by atoms with Crippen LogP contribution in [0.5, 0.6) is 0 Å². The molecule has 3 N–H and O–H groups in total. The summed E-state index contributed by atoms with van der Waals surface area (Å²) in [4.78, 5) is 26.2. The van der Waals surface area contributed by atoms with Crippen molar-refractivity contribution < 1.29 is 9.72 Å². The third-order valence-corrected chi connectivity index (χ3v) is 2.48. The molecule has 0 bridgehead atoms. The quantitative estimate of drug-likeness (QED) is 0.491. The molecule has 11 nitrogen and oxygen atoms in total. The van der Waals surface area contributed by atoms with Gasteiger partial charge in [0.2, 0.25) is 0 Å². The van der Waals surface area contributed by atoms with Gasteiger partial charge in [-0.05, 0) is 6.92 Å². The minimum absolute atomic E-state index is 0.00531. The number of amides is 1. The SMILES string of the molecule is CCNc1cc(C(=O)NCc2nn[nH]n2)c([N+](=O)[O-])cn1. The van der Waals surface area contributed by atoms with E-state index >= 15 is 0 Å². The zero-order chi connectivity index (χ0) is 15.2. The van der Waals surface area contributed by atoms with Crippen LogP contribution in [0.2, 0.25) is 0 Å². The van der Waals surface area contributed by atoms with Crippen LogP contribution in [0.1, 0.15) is 23.1 Å². The highest BCUT2D eigenvalue weighted by molar-refractivity contribution is 5.98. The Balaban J connectivity index is 2.20. The van der Waals surface area contributed by atoms with Crippen LogP contribution in [0.3, 0.4) is 0 Å². The van der Waals surface area contributed by atoms with E-state index in [1.54, 1.807) is 0 Å². The highest BCUT2D eigenvalue weighted by atomic mass is 16.6. The first kappa shape index (κ1) is 14.3. The first-order chi connectivity index (χ1) is 10.1. The minimum atomic E-state index is -0.661. The molecular formula is C10H12N8O3. The predicted octanol–water partition coefficient (Wildman–Crippen LogP) is -0.135. The number of aromatic amines is 1. The van der Waals surface area contributed by atoms with Crippen LogP contribution >= 0.6 is 0 Å². The number of nitrogens with zero attached hydrogens (tertiary/aromatic N) is 5. The van der Waals surface area contributed by atoms with Crippen LogP contribution in [0.25, 0.3) is 0 Å². The molecule has 0 aliphatic rings. The van der Waals surface area contributed by atoms with E-state index in [-0.39, 0.29) is 23.6 Å². The number of rotatable bonds is 6. The number of H-pyrrole nitrogens is 1. The van der Waals surface area contributed by atoms with Gasteiger partial charge in [0, 0.05) is 12.6 Å². The number of carbonyl (C=O) groups is 1. The van der Waals surface area contributed by atoms with E-state index in [1.807, 2.05) is 6.92 Å². The highest BCUT2D eigenvalue weighted by Crippen LogP contribution is 2.20. The predicted molar refractivity (Wildman–Crippen MR) is 70.4 cm³/mol. The molecule has 21 heavy (non-hydrogen) atoms. The smallest absolute Gasteiger partial charge is 0.300 e. The Kier molecular flexibility index (Phi) is 4.33. The Morgan fingerprint density at radius 2 is 2.33 bits per heavy atom. The monoisotopic (exact) mass is 292 g/mol. The third kappa shape index (κ3) is 3.46. The number of hydrogen-bond donors (Lipinski definition) is 3. The Hall–Kier alpha value is -3.11. The zero-order valence-corrected chi connectivity index (χ0v) is 11.0. The Morgan fingerprint density at radius 3 is 2.95 bits per heavy atom. The van der Waals surface area contributed by atoms with E-state index < -0.39 is 10.8 Å². The summed E-state index contributed by atoms with van der Waals surface area (Å²) in [6.45, 7) is 2.43. The highest BCUT2D eigenvalue weighted by Gasteiger charge is 2.21. The summed E-state index contributed by atoms with van der Waals surface area (Å²) in [5, 5.41) is 29.2. The second-order valence-corrected chi connectivity index (χ2v) is 3.88. The van der Waals surface area contributed by atoms with Gasteiger partial charge in [0.05, 0.1) is 11.5 Å². The number of tetrazole rings is 1. The number of anilines is 1. The van der Waals surface area contributed by atoms with Gasteiger partial charge in [-0.3, -0.25) is 14.9 Å². The second kappa shape index (κ2) is 6.36. The van der Waals surface area contributed by atoms with E-state index in [4.69, 9.17) is 0 Å². The summed E-state index contributed by atoms with van der Waals surface area (Å²) in [7, 11) is 0. The summed E-state index contributed by atoms with van der Waals surface area (Å²) in [5.41, 5.74) is -0.461. The lowest BCUT2D eigenvalue weighted by atomic mass is 10.2. The molecule has 0 aliphatic carbocycles. The largest absolute Gasteiger partial charge is 0.370 e. The first-order valence-corrected chi connectivity index (χ1v) is 6.00. The molecule has 0 spiro atoms. The van der Waals surface area contributed by atoms with Gasteiger partial charge in [0.25, 0.3) is 11.6 Å². The molecule has 0 aromatic carbocycles. The van der Waals surface area contributed by atoms with Gasteiger partial charge >= 0.3 is 0 Å². The standard InChI is InChI=1S/C10H12N8O3/c1-2-11-8-3-6(7(4-12-8)18(20)21)10(19)13-5-9-14-16-17-15-9/h3-4H,2,5H2,1H3,(H,11,12)(H,13,19)(H,14,15,16,17). The van der Waals surface area contributed by atoms with Crippen LogP contribution in [0.15, 0.2) is 12.3 Å². The Morgan fingerprint density at radius 1 is 1.52 bits per heavy atom. The van der Waals surface area contributed by atoms with Crippen molar-refractivity contribution in [3.05, 3.63) is 33.8 Å². The molecule has 110 valence electrons. The fraction of sp³-hybridized carbons (Fsp3) is 0.300. The molecule has 2 rings (SSSR count). The molecule has 1 amide bonds. The van der Waals surface area contributed by atoms with Crippen molar-refractivity contribution >= 4 is 17.4 Å². The van der Waals surface area contributed by atoms with Crippen LogP contribution in [-0.4, -0.2) is 43.0 Å². The van der Waals surface area contributed by atoms with Crippen molar-refractivity contribution in [1.29, 1.82) is 0 Å². The van der Waals surface area contributed by atoms with Crippen molar-refractivity contribution in [2.45, 2.75) is 13.5 Å². The van der Waals surface area contributed by atoms with E-state index in [0.29, 0.717) is 12.4 Å². The molecule has 0 saturated carbocycles. The number of hydrogen-bond acceptors (Lipinski definition) is 8. The molecule has 2 aromatic rings. The number of pyridine rings is 1. The van der Waals surface area contributed by atoms with E-state index in [0.717, 1.165) is 6.20 Å². The van der Waals surface area contributed by atoms with Gasteiger partial charge in [0.15, 0.2) is 5.82 Å². The summed E-state index contributed by atoms with van der Waals surface area (Å²) >= 11 is 0. The fourth-order valence-electron chi connectivity index (χ4n) is 1.57. The van der Waals surface area contributed by atoms with Crippen molar-refractivity contribution in [2.24, 2.45) is 0 Å². The topological polar surface area (TPSA) is 152 Å². The van der Waals surface area contributed by atoms with Gasteiger partial charge in [-0.2, -0.15) is 5.21 Å². The van der Waals surface area contributed by atoms with Gasteiger partial charge in [-0.15, -0.1) is 10.2 Å². The average Bonchev–Trinajstić information content (AvgIpc) is 2.98. The van der Waals surface area contributed by atoms with Crippen LogP contribution < -0.4 is 10.6 Å². The lowest BCUT2D eigenvalue weighted by Crippen LogP contribution is -2.24. The summed E-state index contributed by atoms with van der Waals surface area (Å²) in [6.07, 6.45) is 1.04. The number of nitro groups is 1. The van der Waals surface area contributed by atoms with Gasteiger partial charge in [0.1, 0.15) is 17.6 Å².